The number of aryl methyl sites for hydroxylation is 2. The minimum atomic E-state index is -0.604. The molecule has 2 N–H and O–H groups in total. The normalized spacial score (nSPS) is 12.0. The highest BCUT2D eigenvalue weighted by Gasteiger charge is 2.24. The van der Waals surface area contributed by atoms with E-state index in [1.54, 1.807) is 11.9 Å². The van der Waals surface area contributed by atoms with Gasteiger partial charge in [0.1, 0.15) is 6.04 Å². The zero-order valence-corrected chi connectivity index (χ0v) is 16.9. The molecule has 28 heavy (non-hydrogen) atoms. The van der Waals surface area contributed by atoms with Crippen LogP contribution in [0.25, 0.3) is 10.9 Å². The van der Waals surface area contributed by atoms with Gasteiger partial charge in [0.05, 0.1) is 0 Å². The zero-order valence-electron chi connectivity index (χ0n) is 16.9. The number of H-pyrrole nitrogens is 1. The lowest BCUT2D eigenvalue weighted by Crippen LogP contribution is -2.47. The van der Waals surface area contributed by atoms with Crippen molar-refractivity contribution >= 4 is 22.7 Å². The number of benzene rings is 2. The maximum atomic E-state index is 13.1. The van der Waals surface area contributed by atoms with Crippen LogP contribution in [0.1, 0.15) is 29.2 Å². The van der Waals surface area contributed by atoms with E-state index in [4.69, 9.17) is 0 Å². The molecule has 0 bridgehead atoms. The summed E-state index contributed by atoms with van der Waals surface area (Å²) in [5, 5.41) is 3.90. The van der Waals surface area contributed by atoms with Crippen molar-refractivity contribution in [3.8, 4) is 0 Å². The number of likely N-dealkylation sites (N-methyl/N-ethyl adjacent to an activating group) is 1. The van der Waals surface area contributed by atoms with Gasteiger partial charge in [-0.1, -0.05) is 42.0 Å². The van der Waals surface area contributed by atoms with Gasteiger partial charge in [0.2, 0.25) is 11.8 Å². The van der Waals surface area contributed by atoms with Gasteiger partial charge in [0.25, 0.3) is 0 Å². The third-order valence-corrected chi connectivity index (χ3v) is 5.06. The van der Waals surface area contributed by atoms with Crippen LogP contribution < -0.4 is 5.32 Å². The third-order valence-electron chi connectivity index (χ3n) is 5.06. The zero-order chi connectivity index (χ0) is 20.3. The first-order valence-electron chi connectivity index (χ1n) is 9.48. The monoisotopic (exact) mass is 377 g/mol. The first-order chi connectivity index (χ1) is 13.3. The molecule has 0 aliphatic carbocycles. The van der Waals surface area contributed by atoms with Crippen LogP contribution in [0.2, 0.25) is 0 Å². The maximum Gasteiger partial charge on any atom is 0.245 e. The Balaban J connectivity index is 1.80. The molecule has 0 aliphatic heterocycles. The summed E-state index contributed by atoms with van der Waals surface area (Å²) in [6, 6.07) is 13.6. The number of aromatic nitrogens is 1. The van der Waals surface area contributed by atoms with Gasteiger partial charge in [-0.15, -0.1) is 0 Å². The van der Waals surface area contributed by atoms with E-state index in [1.165, 1.54) is 12.5 Å². The Hall–Kier alpha value is -3.08. The van der Waals surface area contributed by atoms with Gasteiger partial charge >= 0.3 is 0 Å². The molecule has 0 saturated heterocycles. The smallest absolute Gasteiger partial charge is 0.245 e. The van der Waals surface area contributed by atoms with Crippen LogP contribution in [0.5, 0.6) is 0 Å². The number of nitrogens with one attached hydrogen (secondary N) is 2. The van der Waals surface area contributed by atoms with E-state index >= 15 is 0 Å². The van der Waals surface area contributed by atoms with Crippen LogP contribution in [0, 0.1) is 13.8 Å². The van der Waals surface area contributed by atoms with Gasteiger partial charge < -0.3 is 15.2 Å². The summed E-state index contributed by atoms with van der Waals surface area (Å²) in [6.45, 7) is 6.06. The van der Waals surface area contributed by atoms with Gasteiger partial charge in [0.15, 0.2) is 0 Å². The molecule has 0 aliphatic rings. The molecule has 1 aromatic heterocycles. The highest BCUT2D eigenvalue weighted by atomic mass is 16.2. The Labute approximate surface area is 165 Å². The highest BCUT2D eigenvalue weighted by molar-refractivity contribution is 5.89. The molecule has 3 aromatic rings. The van der Waals surface area contributed by atoms with E-state index < -0.39 is 6.04 Å². The molecular formula is C23H27N3O2. The number of fused-ring (bicyclic) bond motifs is 1. The summed E-state index contributed by atoms with van der Waals surface area (Å²) in [5.41, 5.74) is 5.51. The molecule has 146 valence electrons. The lowest BCUT2D eigenvalue weighted by Gasteiger charge is -2.25. The fourth-order valence-electron chi connectivity index (χ4n) is 3.59. The minimum Gasteiger partial charge on any atom is -0.361 e. The van der Waals surface area contributed by atoms with E-state index in [0.29, 0.717) is 13.0 Å². The molecule has 5 nitrogen and oxygen atoms in total. The second kappa shape index (κ2) is 8.30. The van der Waals surface area contributed by atoms with E-state index in [2.05, 4.69) is 42.3 Å². The average molecular weight is 377 g/mol. The van der Waals surface area contributed by atoms with Gasteiger partial charge in [-0.3, -0.25) is 9.59 Å². The molecular weight excluding hydrogens is 350 g/mol. The standard InChI is InChI=1S/C23H27N3O2/c1-15-9-10-18(16(2)11-15)14-26(4)23(28)22(25-17(3)27)12-19-13-24-21-8-6-5-7-20(19)21/h5-11,13,22,24H,12,14H2,1-4H3,(H,25,27). The van der Waals surface area contributed by atoms with Crippen molar-refractivity contribution in [3.63, 3.8) is 0 Å². The van der Waals surface area contributed by atoms with Crippen LogP contribution in [0.4, 0.5) is 0 Å². The summed E-state index contributed by atoms with van der Waals surface area (Å²) in [5.74, 6) is -0.307. The van der Waals surface area contributed by atoms with Crippen LogP contribution >= 0.6 is 0 Å². The summed E-state index contributed by atoms with van der Waals surface area (Å²) < 4.78 is 0. The van der Waals surface area contributed by atoms with Crippen molar-refractivity contribution in [3.05, 3.63) is 70.9 Å². The lowest BCUT2D eigenvalue weighted by atomic mass is 10.0. The van der Waals surface area contributed by atoms with E-state index in [0.717, 1.165) is 27.6 Å². The number of rotatable bonds is 6. The Bertz CT molecular complexity index is 1010. The van der Waals surface area contributed by atoms with Gasteiger partial charge in [-0.25, -0.2) is 0 Å². The van der Waals surface area contributed by atoms with Gasteiger partial charge in [-0.05, 0) is 36.6 Å². The molecule has 1 heterocycles. The molecule has 2 aromatic carbocycles. The number of nitrogens with zero attached hydrogens (tertiary/aromatic N) is 1. The Morgan fingerprint density at radius 1 is 1.11 bits per heavy atom. The van der Waals surface area contributed by atoms with Crippen molar-refractivity contribution < 1.29 is 9.59 Å². The summed E-state index contributed by atoms with van der Waals surface area (Å²) in [6.07, 6.45) is 2.36. The fraction of sp³-hybridized carbons (Fsp3) is 0.304. The highest BCUT2D eigenvalue weighted by Crippen LogP contribution is 2.20. The first kappa shape index (κ1) is 19.7. The average Bonchev–Trinajstić information content (AvgIpc) is 3.05. The van der Waals surface area contributed by atoms with Crippen molar-refractivity contribution in [1.82, 2.24) is 15.2 Å². The molecule has 2 amide bonds. The SMILES string of the molecule is CC(=O)NC(Cc1c[nH]c2ccccc12)C(=O)N(C)Cc1ccc(C)cc1C. The Kier molecular flexibility index (Phi) is 5.83. The van der Waals surface area contributed by atoms with Crippen molar-refractivity contribution in [2.24, 2.45) is 0 Å². The molecule has 3 rings (SSSR count). The van der Waals surface area contributed by atoms with Crippen LogP contribution in [-0.2, 0) is 22.6 Å². The number of aromatic amines is 1. The molecule has 0 fully saturated rings. The third kappa shape index (κ3) is 4.42. The molecule has 0 radical (unpaired) electrons. The number of carbonyl (C=O) groups is 2. The van der Waals surface area contributed by atoms with E-state index in [-0.39, 0.29) is 11.8 Å². The summed E-state index contributed by atoms with van der Waals surface area (Å²) >= 11 is 0. The Morgan fingerprint density at radius 2 is 1.86 bits per heavy atom. The second-order valence-corrected chi connectivity index (χ2v) is 7.44. The molecule has 1 unspecified atom stereocenters. The Morgan fingerprint density at radius 3 is 2.57 bits per heavy atom. The van der Waals surface area contributed by atoms with Crippen LogP contribution in [-0.4, -0.2) is 34.8 Å². The topological polar surface area (TPSA) is 65.2 Å². The number of hydrogen-bond donors (Lipinski definition) is 2. The van der Waals surface area contributed by atoms with Gasteiger partial charge in [0, 0.05) is 44.0 Å². The van der Waals surface area contributed by atoms with Crippen LogP contribution in [0.3, 0.4) is 0 Å². The molecule has 1 atom stereocenters. The number of amides is 2. The quantitative estimate of drug-likeness (QED) is 0.691. The van der Waals surface area contributed by atoms with Gasteiger partial charge in [-0.2, -0.15) is 0 Å². The minimum absolute atomic E-state index is 0.0968. The number of carbonyl (C=O) groups excluding carboxylic acids is 2. The van der Waals surface area contributed by atoms with E-state index in [9.17, 15) is 9.59 Å². The lowest BCUT2D eigenvalue weighted by molar-refractivity contribution is -0.135. The van der Waals surface area contributed by atoms with E-state index in [1.807, 2.05) is 30.5 Å². The fourth-order valence-corrected chi connectivity index (χ4v) is 3.59. The van der Waals surface area contributed by atoms with Crippen molar-refractivity contribution in [2.75, 3.05) is 7.05 Å². The molecule has 5 heteroatoms. The number of para-hydroxylation sites is 1. The van der Waals surface area contributed by atoms with Crippen molar-refractivity contribution in [1.29, 1.82) is 0 Å². The first-order valence-corrected chi connectivity index (χ1v) is 9.48. The second-order valence-electron chi connectivity index (χ2n) is 7.44. The molecule has 0 saturated carbocycles. The molecule has 0 spiro atoms. The van der Waals surface area contributed by atoms with Crippen molar-refractivity contribution in [2.45, 2.75) is 39.8 Å². The summed E-state index contributed by atoms with van der Waals surface area (Å²) in [4.78, 5) is 29.8. The number of hydrogen-bond acceptors (Lipinski definition) is 2. The predicted molar refractivity (Wildman–Crippen MR) is 112 cm³/mol. The largest absolute Gasteiger partial charge is 0.361 e. The maximum absolute atomic E-state index is 13.1. The van der Waals surface area contributed by atoms with Crippen LogP contribution in [0.15, 0.2) is 48.7 Å². The summed E-state index contributed by atoms with van der Waals surface area (Å²) in [7, 11) is 1.78. The predicted octanol–water partition coefficient (Wildman–Crippen LogP) is 3.49.